The standard InChI is InChI=1S/C11H9F5N2O3/c1-6(5-8(19)10(12,13)11(14,15)16)17-18-9(20)7-3-2-4-21-7/h2-5,17H,1H3,(H,18,20)/b6-5+. The van der Waals surface area contributed by atoms with Gasteiger partial charge < -0.3 is 9.84 Å². The van der Waals surface area contributed by atoms with Crippen LogP contribution in [0.15, 0.2) is 34.6 Å². The molecule has 0 atom stereocenters. The molecule has 0 radical (unpaired) electrons. The molecule has 0 bridgehead atoms. The number of rotatable bonds is 5. The number of hydrogen-bond donors (Lipinski definition) is 2. The first-order valence-corrected chi connectivity index (χ1v) is 5.33. The van der Waals surface area contributed by atoms with Crippen LogP contribution in [0.25, 0.3) is 0 Å². The van der Waals surface area contributed by atoms with Gasteiger partial charge in [-0.15, -0.1) is 0 Å². The molecule has 1 aromatic rings. The Bertz CT molecular complexity index is 549. The van der Waals surface area contributed by atoms with Crippen molar-refractivity contribution in [3.63, 3.8) is 0 Å². The Morgan fingerprint density at radius 3 is 2.29 bits per heavy atom. The molecule has 1 rings (SSSR count). The van der Waals surface area contributed by atoms with Crippen LogP contribution in [0, 0.1) is 0 Å². The van der Waals surface area contributed by atoms with Gasteiger partial charge in [-0.3, -0.25) is 15.0 Å². The van der Waals surface area contributed by atoms with Gasteiger partial charge in [-0.1, -0.05) is 0 Å². The molecule has 116 valence electrons. The second-order valence-electron chi connectivity index (χ2n) is 3.82. The number of amides is 1. The summed E-state index contributed by atoms with van der Waals surface area (Å²) >= 11 is 0. The third kappa shape index (κ3) is 4.04. The lowest BCUT2D eigenvalue weighted by Gasteiger charge is -2.16. The number of furan rings is 1. The van der Waals surface area contributed by atoms with Crippen LogP contribution in [0.5, 0.6) is 0 Å². The number of alkyl halides is 5. The Labute approximate surface area is 114 Å². The van der Waals surface area contributed by atoms with Gasteiger partial charge in [0, 0.05) is 11.8 Å². The Balaban J connectivity index is 2.65. The summed E-state index contributed by atoms with van der Waals surface area (Å²) in [5.74, 6) is -8.88. The molecule has 10 heteroatoms. The van der Waals surface area contributed by atoms with E-state index in [1.165, 1.54) is 18.4 Å². The predicted molar refractivity (Wildman–Crippen MR) is 59.1 cm³/mol. The Hall–Kier alpha value is -2.39. The van der Waals surface area contributed by atoms with Crippen LogP contribution >= 0.6 is 0 Å². The van der Waals surface area contributed by atoms with Crippen LogP contribution in [0.1, 0.15) is 17.5 Å². The maximum Gasteiger partial charge on any atom is 0.461 e. The minimum absolute atomic E-state index is 0.0376. The van der Waals surface area contributed by atoms with Crippen molar-refractivity contribution in [2.75, 3.05) is 0 Å². The van der Waals surface area contributed by atoms with Crippen LogP contribution in [0.2, 0.25) is 0 Å². The van der Waals surface area contributed by atoms with Crippen molar-refractivity contribution in [3.8, 4) is 0 Å². The molecule has 0 spiro atoms. The lowest BCUT2D eigenvalue weighted by Crippen LogP contribution is -2.44. The van der Waals surface area contributed by atoms with Gasteiger partial charge in [-0.2, -0.15) is 22.0 Å². The third-order valence-corrected chi connectivity index (χ3v) is 2.13. The summed E-state index contributed by atoms with van der Waals surface area (Å²) < 4.78 is 65.8. The van der Waals surface area contributed by atoms with Crippen LogP contribution < -0.4 is 10.9 Å². The van der Waals surface area contributed by atoms with E-state index in [1.807, 2.05) is 10.9 Å². The Morgan fingerprint density at radius 1 is 1.19 bits per heavy atom. The van der Waals surface area contributed by atoms with E-state index in [-0.39, 0.29) is 11.8 Å². The molecule has 0 fully saturated rings. The fraction of sp³-hybridized carbons (Fsp3) is 0.273. The van der Waals surface area contributed by atoms with Crippen molar-refractivity contribution in [3.05, 3.63) is 35.9 Å². The lowest BCUT2D eigenvalue weighted by atomic mass is 10.2. The molecule has 0 aromatic carbocycles. The van der Waals surface area contributed by atoms with Crippen LogP contribution in [0.3, 0.4) is 0 Å². The lowest BCUT2D eigenvalue weighted by molar-refractivity contribution is -0.266. The number of ketones is 1. The maximum absolute atomic E-state index is 12.7. The number of halogens is 5. The van der Waals surface area contributed by atoms with Crippen molar-refractivity contribution in [2.45, 2.75) is 19.0 Å². The SMILES string of the molecule is C/C(=C\C(=O)C(F)(F)C(F)(F)F)NNC(=O)c1ccco1. The first kappa shape index (κ1) is 16.7. The van der Waals surface area contributed by atoms with Crippen molar-refractivity contribution in [2.24, 2.45) is 0 Å². The summed E-state index contributed by atoms with van der Waals surface area (Å²) in [6.45, 7) is 1.02. The Morgan fingerprint density at radius 2 is 1.81 bits per heavy atom. The summed E-state index contributed by atoms with van der Waals surface area (Å²) in [4.78, 5) is 22.2. The zero-order chi connectivity index (χ0) is 16.3. The van der Waals surface area contributed by atoms with E-state index >= 15 is 0 Å². The van der Waals surface area contributed by atoms with Crippen LogP contribution in [0.4, 0.5) is 22.0 Å². The molecule has 0 saturated carbocycles. The monoisotopic (exact) mass is 312 g/mol. The summed E-state index contributed by atoms with van der Waals surface area (Å²) in [6, 6.07) is 2.70. The molecular weight excluding hydrogens is 303 g/mol. The van der Waals surface area contributed by atoms with Gasteiger partial charge in [0.1, 0.15) is 0 Å². The molecule has 5 nitrogen and oxygen atoms in total. The molecule has 0 unspecified atom stereocenters. The van der Waals surface area contributed by atoms with Crippen molar-refractivity contribution in [1.29, 1.82) is 0 Å². The van der Waals surface area contributed by atoms with Crippen molar-refractivity contribution >= 4 is 11.7 Å². The van der Waals surface area contributed by atoms with Gasteiger partial charge in [-0.05, 0) is 19.1 Å². The largest absolute Gasteiger partial charge is 0.461 e. The van der Waals surface area contributed by atoms with E-state index in [2.05, 4.69) is 0 Å². The maximum atomic E-state index is 12.7. The highest BCUT2D eigenvalue weighted by Gasteiger charge is 2.62. The van der Waals surface area contributed by atoms with Crippen molar-refractivity contribution < 1.29 is 36.0 Å². The topological polar surface area (TPSA) is 71.3 Å². The number of hydrogen-bond acceptors (Lipinski definition) is 4. The molecular formula is C11H9F5N2O3. The van der Waals surface area contributed by atoms with E-state index in [0.29, 0.717) is 0 Å². The second-order valence-corrected chi connectivity index (χ2v) is 3.82. The molecule has 21 heavy (non-hydrogen) atoms. The third-order valence-electron chi connectivity index (χ3n) is 2.13. The molecule has 0 aliphatic carbocycles. The quantitative estimate of drug-likeness (QED) is 0.497. The first-order valence-electron chi connectivity index (χ1n) is 5.33. The highest BCUT2D eigenvalue weighted by molar-refractivity contribution is 5.97. The van der Waals surface area contributed by atoms with E-state index in [0.717, 1.165) is 6.92 Å². The van der Waals surface area contributed by atoms with Crippen LogP contribution in [-0.2, 0) is 4.79 Å². The summed E-state index contributed by atoms with van der Waals surface area (Å²) in [5, 5.41) is 0. The minimum Gasteiger partial charge on any atom is -0.459 e. The van der Waals surface area contributed by atoms with Crippen molar-refractivity contribution in [1.82, 2.24) is 10.9 Å². The number of nitrogens with one attached hydrogen (secondary N) is 2. The van der Waals surface area contributed by atoms with E-state index < -0.39 is 29.5 Å². The van der Waals surface area contributed by atoms with Crippen LogP contribution in [-0.4, -0.2) is 23.8 Å². The molecule has 0 aliphatic rings. The van der Waals surface area contributed by atoms with Gasteiger partial charge in [-0.25, -0.2) is 0 Å². The molecule has 0 aliphatic heterocycles. The summed E-state index contributed by atoms with van der Waals surface area (Å²) in [7, 11) is 0. The highest BCUT2D eigenvalue weighted by atomic mass is 19.4. The number of carbonyl (C=O) groups excluding carboxylic acids is 2. The smallest absolute Gasteiger partial charge is 0.459 e. The zero-order valence-electron chi connectivity index (χ0n) is 10.4. The predicted octanol–water partition coefficient (Wildman–Crippen LogP) is 2.18. The summed E-state index contributed by atoms with van der Waals surface area (Å²) in [6.07, 6.45) is -4.75. The van der Waals surface area contributed by atoms with E-state index in [4.69, 9.17) is 4.42 Å². The van der Waals surface area contributed by atoms with Gasteiger partial charge in [0.2, 0.25) is 5.78 Å². The molecule has 0 saturated heterocycles. The second kappa shape index (κ2) is 5.94. The zero-order valence-corrected chi connectivity index (χ0v) is 10.4. The molecule has 1 heterocycles. The minimum atomic E-state index is -5.99. The van der Waals surface area contributed by atoms with E-state index in [9.17, 15) is 31.5 Å². The van der Waals surface area contributed by atoms with Gasteiger partial charge in [0.25, 0.3) is 0 Å². The molecule has 1 amide bonds. The molecule has 1 aromatic heterocycles. The summed E-state index contributed by atoms with van der Waals surface area (Å²) in [5.41, 5.74) is 3.54. The highest BCUT2D eigenvalue weighted by Crippen LogP contribution is 2.36. The van der Waals surface area contributed by atoms with Gasteiger partial charge in [0.05, 0.1) is 6.26 Å². The van der Waals surface area contributed by atoms with Gasteiger partial charge in [0.15, 0.2) is 5.76 Å². The fourth-order valence-electron chi connectivity index (χ4n) is 1.09. The van der Waals surface area contributed by atoms with Gasteiger partial charge >= 0.3 is 18.0 Å². The molecule has 2 N–H and O–H groups in total. The first-order chi connectivity index (χ1) is 9.55. The average Bonchev–Trinajstić information content (AvgIpc) is 2.88. The number of carbonyl (C=O) groups is 2. The number of allylic oxidation sites excluding steroid dienone is 2. The normalized spacial score (nSPS) is 13.0. The Kier molecular flexibility index (Phi) is 4.71. The average molecular weight is 312 g/mol. The van der Waals surface area contributed by atoms with E-state index in [1.54, 1.807) is 0 Å². The fourth-order valence-corrected chi connectivity index (χ4v) is 1.09. The number of hydrazine groups is 1.